The van der Waals surface area contributed by atoms with E-state index < -0.39 is 0 Å². The summed E-state index contributed by atoms with van der Waals surface area (Å²) in [4.78, 5) is 25.0. The molecule has 1 rings (SSSR count). The fourth-order valence-corrected chi connectivity index (χ4v) is 2.02. The molecular weight excluding hydrogens is 270 g/mol. The van der Waals surface area contributed by atoms with Crippen molar-refractivity contribution in [3.8, 4) is 5.75 Å². The van der Waals surface area contributed by atoms with Gasteiger partial charge in [0, 0.05) is 19.5 Å². The summed E-state index contributed by atoms with van der Waals surface area (Å²) in [6.45, 7) is 2.90. The van der Waals surface area contributed by atoms with E-state index in [9.17, 15) is 9.59 Å². The van der Waals surface area contributed by atoms with E-state index in [0.717, 1.165) is 11.3 Å². The maximum absolute atomic E-state index is 12.1. The number of aryl methyl sites for hydroxylation is 1. The summed E-state index contributed by atoms with van der Waals surface area (Å²) < 4.78 is 9.75. The average molecular weight is 293 g/mol. The summed E-state index contributed by atoms with van der Waals surface area (Å²) in [6.07, 6.45) is 1.31. The molecule has 0 unspecified atom stereocenters. The molecule has 0 aliphatic heterocycles. The van der Waals surface area contributed by atoms with Crippen LogP contribution in [0.2, 0.25) is 0 Å². The van der Waals surface area contributed by atoms with Crippen LogP contribution in [-0.2, 0) is 20.7 Å². The number of rotatable bonds is 8. The van der Waals surface area contributed by atoms with Crippen molar-refractivity contribution in [1.82, 2.24) is 4.90 Å². The fraction of sp³-hybridized carbons (Fsp3) is 0.500. The van der Waals surface area contributed by atoms with Crippen LogP contribution in [0.1, 0.15) is 25.3 Å². The Hall–Kier alpha value is -2.04. The van der Waals surface area contributed by atoms with Crippen LogP contribution in [0.15, 0.2) is 24.3 Å². The van der Waals surface area contributed by atoms with Gasteiger partial charge in [0.2, 0.25) is 5.91 Å². The Labute approximate surface area is 125 Å². The Bertz CT molecular complexity index is 473. The molecule has 0 saturated heterocycles. The number of esters is 1. The average Bonchev–Trinajstić information content (AvgIpc) is 2.53. The van der Waals surface area contributed by atoms with Crippen LogP contribution < -0.4 is 4.74 Å². The Morgan fingerprint density at radius 2 is 1.95 bits per heavy atom. The zero-order valence-electron chi connectivity index (χ0n) is 12.9. The maximum atomic E-state index is 12.1. The number of nitrogens with zero attached hydrogens (tertiary/aromatic N) is 1. The third-order valence-corrected chi connectivity index (χ3v) is 3.31. The lowest BCUT2D eigenvalue weighted by molar-refractivity contribution is -0.141. The monoisotopic (exact) mass is 293 g/mol. The van der Waals surface area contributed by atoms with E-state index >= 15 is 0 Å². The third kappa shape index (κ3) is 5.85. The van der Waals surface area contributed by atoms with Crippen LogP contribution >= 0.6 is 0 Å². The van der Waals surface area contributed by atoms with E-state index in [4.69, 9.17) is 4.74 Å². The van der Waals surface area contributed by atoms with Gasteiger partial charge in [0.15, 0.2) is 0 Å². The van der Waals surface area contributed by atoms with Gasteiger partial charge in [-0.1, -0.05) is 12.1 Å². The first-order valence-electron chi connectivity index (χ1n) is 7.08. The van der Waals surface area contributed by atoms with Crippen molar-refractivity contribution < 1.29 is 19.1 Å². The maximum Gasteiger partial charge on any atom is 0.307 e. The van der Waals surface area contributed by atoms with Gasteiger partial charge in [-0.05, 0) is 31.0 Å². The molecule has 0 fully saturated rings. The normalized spacial score (nSPS) is 10.0. The van der Waals surface area contributed by atoms with Crippen molar-refractivity contribution in [2.24, 2.45) is 0 Å². The number of hydrogen-bond donors (Lipinski definition) is 0. The molecular formula is C16H23NO4. The summed E-state index contributed by atoms with van der Waals surface area (Å²) >= 11 is 0. The lowest BCUT2D eigenvalue weighted by Crippen LogP contribution is -2.33. The number of methoxy groups -OCH3 is 2. The molecule has 0 saturated carbocycles. The van der Waals surface area contributed by atoms with Crippen LogP contribution in [0.4, 0.5) is 0 Å². The summed E-state index contributed by atoms with van der Waals surface area (Å²) in [5.74, 6) is 0.538. The van der Waals surface area contributed by atoms with E-state index in [0.29, 0.717) is 25.9 Å². The SMILES string of the molecule is CCN(CCC(=O)OC)C(=O)CCc1cccc(OC)c1. The Balaban J connectivity index is 2.48. The molecule has 1 aromatic rings. The molecule has 5 heteroatoms. The van der Waals surface area contributed by atoms with Crippen molar-refractivity contribution in [2.45, 2.75) is 26.2 Å². The van der Waals surface area contributed by atoms with Crippen LogP contribution in [0.3, 0.4) is 0 Å². The van der Waals surface area contributed by atoms with Crippen molar-refractivity contribution in [3.05, 3.63) is 29.8 Å². The largest absolute Gasteiger partial charge is 0.497 e. The molecule has 0 spiro atoms. The quantitative estimate of drug-likeness (QED) is 0.688. The lowest BCUT2D eigenvalue weighted by Gasteiger charge is -2.20. The highest BCUT2D eigenvalue weighted by Gasteiger charge is 2.13. The summed E-state index contributed by atoms with van der Waals surface area (Å²) in [5.41, 5.74) is 1.06. The van der Waals surface area contributed by atoms with Crippen molar-refractivity contribution >= 4 is 11.9 Å². The molecule has 0 N–H and O–H groups in total. The zero-order chi connectivity index (χ0) is 15.7. The minimum absolute atomic E-state index is 0.0456. The predicted molar refractivity (Wildman–Crippen MR) is 80.2 cm³/mol. The number of carbonyl (C=O) groups excluding carboxylic acids is 2. The van der Waals surface area contributed by atoms with Gasteiger partial charge < -0.3 is 14.4 Å². The van der Waals surface area contributed by atoms with Crippen LogP contribution in [0, 0.1) is 0 Å². The molecule has 0 aliphatic rings. The molecule has 0 atom stereocenters. The molecule has 1 aromatic carbocycles. The van der Waals surface area contributed by atoms with E-state index in [1.807, 2.05) is 31.2 Å². The van der Waals surface area contributed by atoms with Gasteiger partial charge in [-0.15, -0.1) is 0 Å². The Kier molecular flexibility index (Phi) is 7.29. The second-order valence-corrected chi connectivity index (χ2v) is 4.65. The number of benzene rings is 1. The van der Waals surface area contributed by atoms with E-state index in [-0.39, 0.29) is 18.3 Å². The first-order chi connectivity index (χ1) is 10.1. The second kappa shape index (κ2) is 9.00. The van der Waals surface area contributed by atoms with Gasteiger partial charge in [-0.25, -0.2) is 0 Å². The van der Waals surface area contributed by atoms with Gasteiger partial charge in [0.25, 0.3) is 0 Å². The number of hydrogen-bond acceptors (Lipinski definition) is 4. The van der Waals surface area contributed by atoms with Crippen molar-refractivity contribution in [1.29, 1.82) is 0 Å². The molecule has 5 nitrogen and oxygen atoms in total. The van der Waals surface area contributed by atoms with Gasteiger partial charge in [0.1, 0.15) is 5.75 Å². The van der Waals surface area contributed by atoms with Crippen molar-refractivity contribution in [3.63, 3.8) is 0 Å². The standard InChI is InChI=1S/C16H23NO4/c1-4-17(11-10-16(19)21-3)15(18)9-8-13-6-5-7-14(12-13)20-2/h5-7,12H,4,8-11H2,1-3H3. The minimum Gasteiger partial charge on any atom is -0.497 e. The van der Waals surface area contributed by atoms with E-state index in [2.05, 4.69) is 4.74 Å². The molecule has 0 aromatic heterocycles. The molecule has 0 bridgehead atoms. The molecule has 21 heavy (non-hydrogen) atoms. The minimum atomic E-state index is -0.297. The highest BCUT2D eigenvalue weighted by Crippen LogP contribution is 2.14. The van der Waals surface area contributed by atoms with Gasteiger partial charge in [-0.2, -0.15) is 0 Å². The molecule has 0 heterocycles. The third-order valence-electron chi connectivity index (χ3n) is 3.31. The highest BCUT2D eigenvalue weighted by molar-refractivity contribution is 5.77. The van der Waals surface area contributed by atoms with E-state index in [1.54, 1.807) is 12.0 Å². The number of ether oxygens (including phenoxy) is 2. The van der Waals surface area contributed by atoms with Gasteiger partial charge in [0.05, 0.1) is 20.6 Å². The number of carbonyl (C=O) groups is 2. The first-order valence-corrected chi connectivity index (χ1v) is 7.08. The Morgan fingerprint density at radius 1 is 1.19 bits per heavy atom. The lowest BCUT2D eigenvalue weighted by atomic mass is 10.1. The zero-order valence-corrected chi connectivity index (χ0v) is 12.9. The topological polar surface area (TPSA) is 55.8 Å². The van der Waals surface area contributed by atoms with Crippen molar-refractivity contribution in [2.75, 3.05) is 27.3 Å². The molecule has 0 aliphatic carbocycles. The van der Waals surface area contributed by atoms with Crippen LogP contribution in [0.5, 0.6) is 5.75 Å². The fourth-order valence-electron chi connectivity index (χ4n) is 2.02. The van der Waals surface area contributed by atoms with Crippen LogP contribution in [0.25, 0.3) is 0 Å². The van der Waals surface area contributed by atoms with E-state index in [1.165, 1.54) is 7.11 Å². The smallest absolute Gasteiger partial charge is 0.307 e. The number of amides is 1. The summed E-state index contributed by atoms with van der Waals surface area (Å²) in [7, 11) is 2.97. The first kappa shape index (κ1) is 17.0. The van der Waals surface area contributed by atoms with Crippen LogP contribution in [-0.4, -0.2) is 44.1 Å². The molecule has 116 valence electrons. The van der Waals surface area contributed by atoms with Gasteiger partial charge in [-0.3, -0.25) is 9.59 Å². The summed E-state index contributed by atoms with van der Waals surface area (Å²) in [6, 6.07) is 7.69. The predicted octanol–water partition coefficient (Wildman–Crippen LogP) is 2.04. The highest BCUT2D eigenvalue weighted by atomic mass is 16.5. The summed E-state index contributed by atoms with van der Waals surface area (Å²) in [5, 5.41) is 0. The Morgan fingerprint density at radius 3 is 2.57 bits per heavy atom. The molecule has 1 amide bonds. The van der Waals surface area contributed by atoms with Gasteiger partial charge >= 0.3 is 5.97 Å². The molecule has 0 radical (unpaired) electrons. The second-order valence-electron chi connectivity index (χ2n) is 4.65.